The van der Waals surface area contributed by atoms with Gasteiger partial charge in [-0.1, -0.05) is 117 Å². The second-order valence-corrected chi connectivity index (χ2v) is 12.6. The molecular formula is C31H58O11S. The van der Waals surface area contributed by atoms with Crippen LogP contribution in [0.2, 0.25) is 0 Å². The molecule has 0 amide bonds. The summed E-state index contributed by atoms with van der Waals surface area (Å²) in [5.74, 6) is -1.24. The highest BCUT2D eigenvalue weighted by atomic mass is 32.3. The Morgan fingerprint density at radius 3 is 1.42 bits per heavy atom. The molecule has 1 rings (SSSR count). The van der Waals surface area contributed by atoms with Gasteiger partial charge in [0.1, 0.15) is 12.2 Å². The Bertz CT molecular complexity index is 836. The predicted molar refractivity (Wildman–Crippen MR) is 163 cm³/mol. The van der Waals surface area contributed by atoms with E-state index in [1.165, 1.54) is 64.9 Å². The number of hydrogen-bond acceptors (Lipinski definition) is 10. The highest BCUT2D eigenvalue weighted by Crippen LogP contribution is 2.30. The molecule has 0 radical (unpaired) electrons. The third-order valence-corrected chi connectivity index (χ3v) is 8.21. The van der Waals surface area contributed by atoms with E-state index in [1.54, 1.807) is 0 Å². The first-order chi connectivity index (χ1) is 20.7. The minimum absolute atomic E-state index is 0.0618. The van der Waals surface area contributed by atoms with E-state index >= 15 is 0 Å². The van der Waals surface area contributed by atoms with Gasteiger partial charge in [-0.3, -0.25) is 14.1 Å². The van der Waals surface area contributed by atoms with Crippen LogP contribution in [0.4, 0.5) is 0 Å². The summed E-state index contributed by atoms with van der Waals surface area (Å²) in [7, 11) is -3.76. The van der Waals surface area contributed by atoms with E-state index < -0.39 is 59.7 Å². The normalized spacial score (nSPS) is 22.4. The lowest BCUT2D eigenvalue weighted by Crippen LogP contribution is -2.62. The van der Waals surface area contributed by atoms with Crippen molar-refractivity contribution in [3.8, 4) is 0 Å². The second-order valence-electron chi connectivity index (χ2n) is 11.5. The molecule has 0 aromatic carbocycles. The number of hydrogen-bond donors (Lipinski definition) is 2. The van der Waals surface area contributed by atoms with Crippen LogP contribution in [0.25, 0.3) is 0 Å². The van der Waals surface area contributed by atoms with E-state index in [0.29, 0.717) is 12.8 Å². The molecule has 0 unspecified atom stereocenters. The van der Waals surface area contributed by atoms with Gasteiger partial charge < -0.3 is 24.1 Å². The lowest BCUT2D eigenvalue weighted by Gasteiger charge is -2.43. The first-order valence-electron chi connectivity index (χ1n) is 16.5. The van der Waals surface area contributed by atoms with Crippen molar-refractivity contribution in [1.82, 2.24) is 0 Å². The average Bonchev–Trinajstić information content (AvgIpc) is 2.96. The number of carbonyl (C=O) groups is 2. The maximum Gasteiger partial charge on any atom is 0.397 e. The fraction of sp³-hybridized carbons (Fsp3) is 0.935. The summed E-state index contributed by atoms with van der Waals surface area (Å²) in [6.07, 6.45) is 12.2. The van der Waals surface area contributed by atoms with E-state index in [0.717, 1.165) is 44.9 Å². The molecule has 1 saturated heterocycles. The largest absolute Gasteiger partial charge is 0.455 e. The van der Waals surface area contributed by atoms with Gasteiger partial charge in [0.15, 0.2) is 18.5 Å². The Labute approximate surface area is 259 Å². The van der Waals surface area contributed by atoms with Gasteiger partial charge >= 0.3 is 22.3 Å². The molecular weight excluding hydrogens is 580 g/mol. The summed E-state index contributed by atoms with van der Waals surface area (Å²) in [5, 5.41) is 9.85. The van der Waals surface area contributed by atoms with Crippen molar-refractivity contribution in [3.63, 3.8) is 0 Å². The number of carbonyl (C=O) groups excluding carboxylic acids is 2. The summed E-state index contributed by atoms with van der Waals surface area (Å²) < 4.78 is 59.6. The summed E-state index contributed by atoms with van der Waals surface area (Å²) in [4.78, 5) is 25.6. The van der Waals surface area contributed by atoms with Crippen molar-refractivity contribution in [1.29, 1.82) is 0 Å². The highest BCUT2D eigenvalue weighted by molar-refractivity contribution is 7.80. The van der Waals surface area contributed by atoms with E-state index in [-0.39, 0.29) is 12.8 Å². The van der Waals surface area contributed by atoms with Crippen molar-refractivity contribution < 1.29 is 50.8 Å². The zero-order chi connectivity index (χ0) is 31.9. The van der Waals surface area contributed by atoms with Gasteiger partial charge in [-0.15, -0.1) is 0 Å². The van der Waals surface area contributed by atoms with E-state index in [2.05, 4.69) is 13.8 Å². The van der Waals surface area contributed by atoms with Crippen molar-refractivity contribution in [2.75, 3.05) is 13.7 Å². The quantitative estimate of drug-likeness (QED) is 0.0632. The Morgan fingerprint density at radius 1 is 0.651 bits per heavy atom. The van der Waals surface area contributed by atoms with Gasteiger partial charge in [-0.25, -0.2) is 4.18 Å². The Kier molecular flexibility index (Phi) is 22.2. The van der Waals surface area contributed by atoms with Crippen LogP contribution >= 0.6 is 0 Å². The van der Waals surface area contributed by atoms with Crippen molar-refractivity contribution in [2.24, 2.45) is 0 Å². The Morgan fingerprint density at radius 2 is 1.05 bits per heavy atom. The van der Waals surface area contributed by atoms with Crippen LogP contribution in [-0.2, 0) is 43.1 Å². The van der Waals surface area contributed by atoms with Crippen LogP contribution < -0.4 is 0 Å². The maximum atomic E-state index is 12.8. The van der Waals surface area contributed by atoms with Gasteiger partial charge in [0, 0.05) is 20.0 Å². The highest BCUT2D eigenvalue weighted by Gasteiger charge is 2.52. The third kappa shape index (κ3) is 18.3. The molecule has 11 nitrogen and oxygen atoms in total. The zero-order valence-electron chi connectivity index (χ0n) is 26.7. The summed E-state index contributed by atoms with van der Waals surface area (Å²) >= 11 is 0. The number of unbranched alkanes of at least 4 members (excludes halogenated alkanes) is 16. The second kappa shape index (κ2) is 24.0. The minimum Gasteiger partial charge on any atom is -0.455 e. The summed E-state index contributed by atoms with van der Waals surface area (Å²) in [5.41, 5.74) is 0. The lowest BCUT2D eigenvalue weighted by molar-refractivity contribution is -0.296. The SMILES string of the molecule is CCCCCCCCCCCC(=O)O[C@@H]1[C@@H](OC(=O)CCCCCCCCCCC)[C@@H](OC)O[C@H](CO)[C@H]1OS(=O)(=O)O. The number of rotatable bonds is 26. The standard InChI is InChI=1S/C31H58O11S/c1-4-6-8-10-12-14-16-18-20-22-26(33)40-29-28(42-43(35,36)37)25(24-32)39-31(38-3)30(29)41-27(34)23-21-19-17-15-13-11-9-7-5-2/h25,28-32H,4-24H2,1-3H3,(H,35,36,37)/t25-,28-,29+,30-,31+/m1/s1. The molecule has 0 bridgehead atoms. The van der Waals surface area contributed by atoms with Crippen molar-refractivity contribution >= 4 is 22.3 Å². The van der Waals surface area contributed by atoms with Gasteiger partial charge in [-0.05, 0) is 12.8 Å². The number of methoxy groups -OCH3 is 1. The summed E-state index contributed by atoms with van der Waals surface area (Å²) in [6.45, 7) is 3.64. The molecule has 0 aromatic rings. The van der Waals surface area contributed by atoms with Gasteiger partial charge in [0.2, 0.25) is 0 Å². The molecule has 5 atom stereocenters. The molecule has 12 heteroatoms. The monoisotopic (exact) mass is 638 g/mol. The van der Waals surface area contributed by atoms with Gasteiger partial charge in [0.05, 0.1) is 6.61 Å². The molecule has 43 heavy (non-hydrogen) atoms. The maximum absolute atomic E-state index is 12.8. The van der Waals surface area contributed by atoms with Crippen LogP contribution in [0.1, 0.15) is 142 Å². The fourth-order valence-electron chi connectivity index (χ4n) is 5.31. The van der Waals surface area contributed by atoms with E-state index in [9.17, 15) is 27.7 Å². The Balaban J connectivity index is 2.75. The topological polar surface area (TPSA) is 155 Å². The van der Waals surface area contributed by atoms with Gasteiger partial charge in [-0.2, -0.15) is 8.42 Å². The minimum atomic E-state index is -5.04. The molecule has 0 aromatic heterocycles. The number of esters is 2. The van der Waals surface area contributed by atoms with Crippen molar-refractivity contribution in [2.45, 2.75) is 173 Å². The molecule has 1 fully saturated rings. The zero-order valence-corrected chi connectivity index (χ0v) is 27.5. The van der Waals surface area contributed by atoms with Crippen LogP contribution in [0.3, 0.4) is 0 Å². The predicted octanol–water partition coefficient (Wildman–Crippen LogP) is 6.20. The number of aliphatic hydroxyl groups is 1. The molecule has 2 N–H and O–H groups in total. The Hall–Kier alpha value is -1.31. The molecule has 0 saturated carbocycles. The van der Waals surface area contributed by atoms with Crippen LogP contribution in [0.15, 0.2) is 0 Å². The van der Waals surface area contributed by atoms with Crippen LogP contribution in [0, 0.1) is 0 Å². The van der Waals surface area contributed by atoms with Crippen LogP contribution in [0.5, 0.6) is 0 Å². The molecule has 0 spiro atoms. The van der Waals surface area contributed by atoms with Crippen LogP contribution in [-0.4, -0.2) is 74.4 Å². The molecule has 1 aliphatic heterocycles. The molecule has 0 aliphatic carbocycles. The first kappa shape index (κ1) is 39.7. The number of aliphatic hydroxyl groups excluding tert-OH is 1. The molecule has 1 heterocycles. The average molecular weight is 639 g/mol. The van der Waals surface area contributed by atoms with Crippen molar-refractivity contribution in [3.05, 3.63) is 0 Å². The molecule has 1 aliphatic rings. The summed E-state index contributed by atoms with van der Waals surface area (Å²) in [6, 6.07) is 0. The van der Waals surface area contributed by atoms with Gasteiger partial charge in [0.25, 0.3) is 0 Å². The van der Waals surface area contributed by atoms with E-state index in [4.69, 9.17) is 23.1 Å². The fourth-order valence-corrected chi connectivity index (χ4v) is 5.83. The lowest BCUT2D eigenvalue weighted by atomic mass is 9.98. The number of ether oxygens (including phenoxy) is 4. The smallest absolute Gasteiger partial charge is 0.397 e. The third-order valence-electron chi connectivity index (χ3n) is 7.74. The molecule has 254 valence electrons. The van der Waals surface area contributed by atoms with E-state index in [1.807, 2.05) is 0 Å². The first-order valence-corrected chi connectivity index (χ1v) is 17.9.